The second kappa shape index (κ2) is 5.59. The molecule has 0 spiro atoms. The highest BCUT2D eigenvalue weighted by Gasteiger charge is 2.04. The first-order chi connectivity index (χ1) is 9.86. The number of para-hydroxylation sites is 2. The van der Waals surface area contributed by atoms with Crippen molar-refractivity contribution in [1.29, 1.82) is 5.26 Å². The average molecular weight is 280 g/mol. The van der Waals surface area contributed by atoms with Gasteiger partial charge in [-0.05, 0) is 24.3 Å². The third-order valence-corrected chi connectivity index (χ3v) is 3.90. The van der Waals surface area contributed by atoms with E-state index in [1.54, 1.807) is 12.5 Å². The van der Waals surface area contributed by atoms with Crippen molar-refractivity contribution >= 4 is 17.0 Å². The topological polar surface area (TPSA) is 53.6 Å². The normalized spacial score (nSPS) is 10.2. The number of nitrogens with zero attached hydrogens (tertiary/aromatic N) is 3. The van der Waals surface area contributed by atoms with E-state index in [2.05, 4.69) is 16.4 Å². The van der Waals surface area contributed by atoms with Gasteiger partial charge in [0.05, 0.1) is 17.7 Å². The lowest BCUT2D eigenvalue weighted by atomic mass is 10.2. The van der Waals surface area contributed by atoms with Crippen LogP contribution in [-0.4, -0.2) is 9.55 Å². The summed E-state index contributed by atoms with van der Waals surface area (Å²) in [5, 5.41) is 12.2. The van der Waals surface area contributed by atoms with Crippen LogP contribution in [0.3, 0.4) is 0 Å². The fourth-order valence-corrected chi connectivity index (χ4v) is 2.71. The number of thiophene rings is 1. The highest BCUT2D eigenvalue weighted by Crippen LogP contribution is 2.22. The second-order valence-corrected chi connectivity index (χ2v) is 5.39. The van der Waals surface area contributed by atoms with Crippen LogP contribution in [0.25, 0.3) is 5.69 Å². The molecule has 5 heteroatoms. The van der Waals surface area contributed by atoms with Crippen LogP contribution in [0.15, 0.2) is 55.1 Å². The summed E-state index contributed by atoms with van der Waals surface area (Å²) in [5.74, 6) is 0. The summed E-state index contributed by atoms with van der Waals surface area (Å²) in [6.07, 6.45) is 5.45. The van der Waals surface area contributed by atoms with E-state index in [9.17, 15) is 0 Å². The molecule has 0 unspecified atom stereocenters. The van der Waals surface area contributed by atoms with Gasteiger partial charge in [-0.25, -0.2) is 4.98 Å². The number of imidazole rings is 1. The Morgan fingerprint density at radius 1 is 1.25 bits per heavy atom. The van der Waals surface area contributed by atoms with Crippen LogP contribution in [-0.2, 0) is 6.54 Å². The summed E-state index contributed by atoms with van der Waals surface area (Å²) in [6.45, 7) is 0.706. The first kappa shape index (κ1) is 12.5. The predicted molar refractivity (Wildman–Crippen MR) is 79.9 cm³/mol. The number of benzene rings is 1. The lowest BCUT2D eigenvalue weighted by molar-refractivity contribution is 1.05. The molecule has 0 fully saturated rings. The monoisotopic (exact) mass is 280 g/mol. The smallest absolute Gasteiger partial charge is 0.110 e. The van der Waals surface area contributed by atoms with Crippen LogP contribution >= 0.6 is 11.3 Å². The maximum absolute atomic E-state index is 8.84. The van der Waals surface area contributed by atoms with Crippen molar-refractivity contribution in [3.8, 4) is 11.8 Å². The highest BCUT2D eigenvalue weighted by atomic mass is 32.1. The predicted octanol–water partition coefficient (Wildman–Crippen LogP) is 3.42. The molecular formula is C15H12N4S. The molecule has 0 bridgehead atoms. The molecule has 0 atom stereocenters. The van der Waals surface area contributed by atoms with Gasteiger partial charge in [0, 0.05) is 23.8 Å². The van der Waals surface area contributed by atoms with Gasteiger partial charge in [0.25, 0.3) is 0 Å². The van der Waals surface area contributed by atoms with Crippen molar-refractivity contribution in [2.45, 2.75) is 6.54 Å². The van der Waals surface area contributed by atoms with E-state index in [0.29, 0.717) is 6.54 Å². The molecule has 20 heavy (non-hydrogen) atoms. The Morgan fingerprint density at radius 2 is 2.15 bits per heavy atom. The first-order valence-electron chi connectivity index (χ1n) is 6.17. The number of hydrogen-bond donors (Lipinski definition) is 1. The van der Waals surface area contributed by atoms with Gasteiger partial charge in [-0.15, -0.1) is 11.3 Å². The fraction of sp³-hybridized carbons (Fsp3) is 0.0667. The van der Waals surface area contributed by atoms with Crippen molar-refractivity contribution in [1.82, 2.24) is 9.55 Å². The molecule has 0 aliphatic rings. The zero-order valence-electron chi connectivity index (χ0n) is 10.7. The molecule has 98 valence electrons. The molecule has 3 aromatic rings. The molecule has 0 saturated heterocycles. The van der Waals surface area contributed by atoms with Gasteiger partial charge < -0.3 is 9.88 Å². The average Bonchev–Trinajstić information content (AvgIpc) is 3.17. The quantitative estimate of drug-likeness (QED) is 0.796. The van der Waals surface area contributed by atoms with Crippen molar-refractivity contribution in [3.05, 3.63) is 64.9 Å². The van der Waals surface area contributed by atoms with E-state index < -0.39 is 0 Å². The highest BCUT2D eigenvalue weighted by molar-refractivity contribution is 7.12. The minimum Gasteiger partial charge on any atom is -0.378 e. The summed E-state index contributed by atoms with van der Waals surface area (Å²) < 4.78 is 1.97. The number of hydrogen-bond acceptors (Lipinski definition) is 4. The zero-order valence-corrected chi connectivity index (χ0v) is 11.5. The summed E-state index contributed by atoms with van der Waals surface area (Å²) in [7, 11) is 0. The molecule has 0 saturated carbocycles. The van der Waals surface area contributed by atoms with Gasteiger partial charge in [0.15, 0.2) is 0 Å². The molecule has 3 rings (SSSR count). The molecule has 0 aliphatic carbocycles. The van der Waals surface area contributed by atoms with Crippen molar-refractivity contribution in [3.63, 3.8) is 0 Å². The van der Waals surface area contributed by atoms with Gasteiger partial charge in [-0.3, -0.25) is 0 Å². The van der Waals surface area contributed by atoms with Gasteiger partial charge in [0.1, 0.15) is 10.9 Å². The molecule has 1 N–H and O–H groups in total. The summed E-state index contributed by atoms with van der Waals surface area (Å²) in [6, 6.07) is 14.1. The lowest BCUT2D eigenvalue weighted by Crippen LogP contribution is -2.02. The Balaban J connectivity index is 1.80. The molecule has 0 aliphatic heterocycles. The zero-order chi connectivity index (χ0) is 13.8. The Hall–Kier alpha value is -2.58. The lowest BCUT2D eigenvalue weighted by Gasteiger charge is -2.11. The van der Waals surface area contributed by atoms with Crippen LogP contribution in [0, 0.1) is 11.3 Å². The van der Waals surface area contributed by atoms with E-state index in [1.165, 1.54) is 11.3 Å². The number of aromatic nitrogens is 2. The van der Waals surface area contributed by atoms with Crippen molar-refractivity contribution in [2.24, 2.45) is 0 Å². The number of rotatable bonds is 4. The first-order valence-corrected chi connectivity index (χ1v) is 6.98. The molecular weight excluding hydrogens is 268 g/mol. The Bertz CT molecular complexity index is 737. The Kier molecular flexibility index (Phi) is 3.48. The Labute approximate surface area is 120 Å². The minimum atomic E-state index is 0.706. The molecule has 4 nitrogen and oxygen atoms in total. The van der Waals surface area contributed by atoms with Crippen molar-refractivity contribution < 1.29 is 0 Å². The molecule has 2 heterocycles. The minimum absolute atomic E-state index is 0.706. The number of anilines is 1. The third kappa shape index (κ3) is 2.56. The van der Waals surface area contributed by atoms with Crippen LogP contribution < -0.4 is 5.32 Å². The van der Waals surface area contributed by atoms with E-state index in [4.69, 9.17) is 5.26 Å². The summed E-state index contributed by atoms with van der Waals surface area (Å²) in [5.41, 5.74) is 2.10. The molecule has 0 radical (unpaired) electrons. The standard InChI is InChI=1S/C15H12N4S/c16-9-12-5-6-13(20-12)10-18-14-3-1-2-4-15(14)19-8-7-17-11-19/h1-8,11,18H,10H2. The largest absolute Gasteiger partial charge is 0.378 e. The fourth-order valence-electron chi connectivity index (χ4n) is 1.97. The van der Waals surface area contributed by atoms with Crippen LogP contribution in [0.2, 0.25) is 0 Å². The van der Waals surface area contributed by atoms with Crippen LogP contribution in [0.4, 0.5) is 5.69 Å². The van der Waals surface area contributed by atoms with Gasteiger partial charge in [-0.2, -0.15) is 5.26 Å². The van der Waals surface area contributed by atoms with Gasteiger partial charge in [0.2, 0.25) is 0 Å². The van der Waals surface area contributed by atoms with Crippen molar-refractivity contribution in [2.75, 3.05) is 5.32 Å². The maximum Gasteiger partial charge on any atom is 0.110 e. The molecule has 0 amide bonds. The second-order valence-electron chi connectivity index (χ2n) is 4.22. The van der Waals surface area contributed by atoms with E-state index in [-0.39, 0.29) is 0 Å². The number of nitriles is 1. The van der Waals surface area contributed by atoms with E-state index in [1.807, 2.05) is 47.2 Å². The molecule has 1 aromatic carbocycles. The summed E-state index contributed by atoms with van der Waals surface area (Å²) in [4.78, 5) is 5.95. The molecule has 2 aromatic heterocycles. The Morgan fingerprint density at radius 3 is 2.90 bits per heavy atom. The SMILES string of the molecule is N#Cc1ccc(CNc2ccccc2-n2ccnc2)s1. The van der Waals surface area contributed by atoms with Crippen LogP contribution in [0.1, 0.15) is 9.75 Å². The van der Waals surface area contributed by atoms with Gasteiger partial charge in [-0.1, -0.05) is 12.1 Å². The summed E-state index contributed by atoms with van der Waals surface area (Å²) >= 11 is 1.51. The third-order valence-electron chi connectivity index (χ3n) is 2.91. The van der Waals surface area contributed by atoms with Crippen LogP contribution in [0.5, 0.6) is 0 Å². The van der Waals surface area contributed by atoms with E-state index in [0.717, 1.165) is 21.1 Å². The number of nitrogens with one attached hydrogen (secondary N) is 1. The van der Waals surface area contributed by atoms with Gasteiger partial charge >= 0.3 is 0 Å². The maximum atomic E-state index is 8.84. The van der Waals surface area contributed by atoms with E-state index >= 15 is 0 Å².